The molecule has 0 spiro atoms. The van der Waals surface area contributed by atoms with Gasteiger partial charge in [-0.15, -0.1) is 0 Å². The lowest BCUT2D eigenvalue weighted by molar-refractivity contribution is -0.131. The van der Waals surface area contributed by atoms with Crippen LogP contribution in [-0.4, -0.2) is 92.5 Å². The van der Waals surface area contributed by atoms with Gasteiger partial charge in [0.2, 0.25) is 5.91 Å². The van der Waals surface area contributed by atoms with Crippen molar-refractivity contribution in [2.45, 2.75) is 19.3 Å². The number of methoxy groups -OCH3 is 1. The van der Waals surface area contributed by atoms with Crippen LogP contribution in [0.2, 0.25) is 0 Å². The fraction of sp³-hybridized carbons (Fsp3) is 0.619. The summed E-state index contributed by atoms with van der Waals surface area (Å²) in [7, 11) is 1.61. The van der Waals surface area contributed by atoms with Gasteiger partial charge in [0.05, 0.1) is 7.11 Å². The molecule has 0 aliphatic carbocycles. The second-order valence-corrected chi connectivity index (χ2v) is 7.45. The molecule has 0 bridgehead atoms. The van der Waals surface area contributed by atoms with Crippen LogP contribution in [0.3, 0.4) is 0 Å². The van der Waals surface area contributed by atoms with E-state index in [0.717, 1.165) is 51.6 Å². The molecule has 0 saturated carbocycles. The first-order valence-electron chi connectivity index (χ1n) is 10.3. The second kappa shape index (κ2) is 10.4. The van der Waals surface area contributed by atoms with E-state index < -0.39 is 0 Å². The van der Waals surface area contributed by atoms with E-state index in [2.05, 4.69) is 10.2 Å². The highest BCUT2D eigenvalue weighted by Crippen LogP contribution is 2.14. The Morgan fingerprint density at radius 1 is 1.04 bits per heavy atom. The molecule has 1 aromatic carbocycles. The molecule has 0 unspecified atom stereocenters. The Hall–Kier alpha value is -2.12. The normalized spacial score (nSPS) is 17.5. The Kier molecular flexibility index (Phi) is 7.68. The van der Waals surface area contributed by atoms with Crippen LogP contribution in [0.1, 0.15) is 29.6 Å². The molecule has 2 saturated heterocycles. The largest absolute Gasteiger partial charge is 0.497 e. The zero-order chi connectivity index (χ0) is 19.8. The third-order valence-corrected chi connectivity index (χ3v) is 5.57. The Morgan fingerprint density at radius 3 is 2.36 bits per heavy atom. The van der Waals surface area contributed by atoms with Crippen molar-refractivity contribution in [2.75, 3.05) is 66.0 Å². The molecule has 2 heterocycles. The SMILES string of the molecule is COc1ccc(C(=O)N(CCC(=O)N2CCNCC2)CCN2CCCC2)cc1. The fourth-order valence-electron chi connectivity index (χ4n) is 3.80. The number of hydrogen-bond acceptors (Lipinski definition) is 5. The number of nitrogens with zero attached hydrogens (tertiary/aromatic N) is 3. The predicted molar refractivity (Wildman–Crippen MR) is 109 cm³/mol. The Labute approximate surface area is 167 Å². The summed E-state index contributed by atoms with van der Waals surface area (Å²) in [5.74, 6) is 0.846. The van der Waals surface area contributed by atoms with E-state index >= 15 is 0 Å². The molecule has 3 rings (SSSR count). The highest BCUT2D eigenvalue weighted by molar-refractivity contribution is 5.94. The lowest BCUT2D eigenvalue weighted by atomic mass is 10.1. The molecule has 0 atom stereocenters. The summed E-state index contributed by atoms with van der Waals surface area (Å²) < 4.78 is 5.18. The maximum absolute atomic E-state index is 13.1. The second-order valence-electron chi connectivity index (χ2n) is 7.45. The van der Waals surface area contributed by atoms with Crippen LogP contribution in [0, 0.1) is 0 Å². The number of piperazine rings is 1. The van der Waals surface area contributed by atoms with Gasteiger partial charge in [0.1, 0.15) is 5.75 Å². The van der Waals surface area contributed by atoms with Crippen molar-refractivity contribution in [1.82, 2.24) is 20.0 Å². The van der Waals surface area contributed by atoms with Gasteiger partial charge in [-0.05, 0) is 50.2 Å². The molecule has 7 heteroatoms. The third-order valence-electron chi connectivity index (χ3n) is 5.57. The zero-order valence-corrected chi connectivity index (χ0v) is 16.9. The van der Waals surface area contributed by atoms with E-state index in [0.29, 0.717) is 25.1 Å². The summed E-state index contributed by atoms with van der Waals surface area (Å²) in [6.07, 6.45) is 2.84. The smallest absolute Gasteiger partial charge is 0.253 e. The molecule has 1 N–H and O–H groups in total. The van der Waals surface area contributed by atoms with Crippen molar-refractivity contribution in [3.05, 3.63) is 29.8 Å². The summed E-state index contributed by atoms with van der Waals surface area (Å²) in [5, 5.41) is 3.26. The molecule has 2 aliphatic rings. The molecular weight excluding hydrogens is 356 g/mol. The number of nitrogens with one attached hydrogen (secondary N) is 1. The number of carbonyl (C=O) groups excluding carboxylic acids is 2. The molecule has 28 heavy (non-hydrogen) atoms. The summed E-state index contributed by atoms with van der Waals surface area (Å²) in [4.78, 5) is 31.7. The summed E-state index contributed by atoms with van der Waals surface area (Å²) in [6, 6.07) is 7.19. The fourth-order valence-corrected chi connectivity index (χ4v) is 3.80. The number of benzene rings is 1. The van der Waals surface area contributed by atoms with Gasteiger partial charge in [-0.25, -0.2) is 0 Å². The number of likely N-dealkylation sites (tertiary alicyclic amines) is 1. The van der Waals surface area contributed by atoms with E-state index in [1.165, 1.54) is 12.8 Å². The van der Waals surface area contributed by atoms with E-state index in [9.17, 15) is 9.59 Å². The lowest BCUT2D eigenvalue weighted by Gasteiger charge is -2.29. The van der Waals surface area contributed by atoms with Gasteiger partial charge in [-0.1, -0.05) is 0 Å². The van der Waals surface area contributed by atoms with Gasteiger partial charge >= 0.3 is 0 Å². The molecule has 2 amide bonds. The van der Waals surface area contributed by atoms with E-state index in [4.69, 9.17) is 4.74 Å². The minimum absolute atomic E-state index is 0.0186. The maximum atomic E-state index is 13.1. The topological polar surface area (TPSA) is 65.1 Å². The Bertz CT molecular complexity index is 638. The zero-order valence-electron chi connectivity index (χ0n) is 16.9. The van der Waals surface area contributed by atoms with Crippen LogP contribution in [0.5, 0.6) is 5.75 Å². The number of carbonyl (C=O) groups is 2. The summed E-state index contributed by atoms with van der Waals surface area (Å²) in [6.45, 7) is 7.36. The number of rotatable bonds is 8. The first-order chi connectivity index (χ1) is 13.7. The van der Waals surface area contributed by atoms with E-state index in [1.54, 1.807) is 31.4 Å². The molecule has 2 fully saturated rings. The first kappa shape index (κ1) is 20.6. The van der Waals surface area contributed by atoms with E-state index in [1.807, 2.05) is 9.80 Å². The Morgan fingerprint density at radius 2 is 1.71 bits per heavy atom. The van der Waals surface area contributed by atoms with Crippen LogP contribution in [-0.2, 0) is 4.79 Å². The van der Waals surface area contributed by atoms with Gasteiger partial charge in [-0.3, -0.25) is 9.59 Å². The van der Waals surface area contributed by atoms with Crippen molar-refractivity contribution in [3.8, 4) is 5.75 Å². The summed E-state index contributed by atoms with van der Waals surface area (Å²) in [5.41, 5.74) is 0.636. The van der Waals surface area contributed by atoms with Crippen LogP contribution >= 0.6 is 0 Å². The predicted octanol–water partition coefficient (Wildman–Crippen LogP) is 1.06. The lowest BCUT2D eigenvalue weighted by Crippen LogP contribution is -2.47. The maximum Gasteiger partial charge on any atom is 0.253 e. The van der Waals surface area contributed by atoms with Gasteiger partial charge in [0, 0.05) is 57.8 Å². The van der Waals surface area contributed by atoms with Crippen LogP contribution in [0.4, 0.5) is 0 Å². The average molecular weight is 389 g/mol. The van der Waals surface area contributed by atoms with Crippen molar-refractivity contribution in [3.63, 3.8) is 0 Å². The number of hydrogen-bond donors (Lipinski definition) is 1. The molecule has 2 aliphatic heterocycles. The molecule has 0 radical (unpaired) electrons. The molecule has 1 aromatic rings. The molecule has 0 aromatic heterocycles. The van der Waals surface area contributed by atoms with Gasteiger partial charge in [-0.2, -0.15) is 0 Å². The monoisotopic (exact) mass is 388 g/mol. The Balaban J connectivity index is 1.60. The quantitative estimate of drug-likeness (QED) is 0.721. The van der Waals surface area contributed by atoms with Gasteiger partial charge in [0.25, 0.3) is 5.91 Å². The number of amides is 2. The van der Waals surface area contributed by atoms with Crippen LogP contribution in [0.15, 0.2) is 24.3 Å². The molecule has 154 valence electrons. The minimum atomic E-state index is -0.0186. The van der Waals surface area contributed by atoms with Crippen molar-refractivity contribution in [2.24, 2.45) is 0 Å². The number of ether oxygens (including phenoxy) is 1. The highest BCUT2D eigenvalue weighted by atomic mass is 16.5. The third kappa shape index (κ3) is 5.69. The molecular formula is C21H32N4O3. The van der Waals surface area contributed by atoms with Gasteiger partial charge in [0.15, 0.2) is 0 Å². The van der Waals surface area contributed by atoms with Crippen LogP contribution in [0.25, 0.3) is 0 Å². The van der Waals surface area contributed by atoms with Crippen molar-refractivity contribution in [1.29, 1.82) is 0 Å². The first-order valence-corrected chi connectivity index (χ1v) is 10.3. The van der Waals surface area contributed by atoms with Crippen LogP contribution < -0.4 is 10.1 Å². The minimum Gasteiger partial charge on any atom is -0.497 e. The van der Waals surface area contributed by atoms with E-state index in [-0.39, 0.29) is 11.8 Å². The van der Waals surface area contributed by atoms with Crippen molar-refractivity contribution < 1.29 is 14.3 Å². The highest BCUT2D eigenvalue weighted by Gasteiger charge is 2.22. The van der Waals surface area contributed by atoms with Crippen molar-refractivity contribution >= 4 is 11.8 Å². The van der Waals surface area contributed by atoms with Gasteiger partial charge < -0.3 is 24.8 Å². The molecule has 7 nitrogen and oxygen atoms in total. The average Bonchev–Trinajstić information content (AvgIpc) is 3.27. The summed E-state index contributed by atoms with van der Waals surface area (Å²) >= 11 is 0. The standard InChI is InChI=1S/C21H32N4O3/c1-28-19-6-4-18(5-7-19)21(27)25(17-16-23-11-2-3-12-23)13-8-20(26)24-14-9-22-10-15-24/h4-7,22H,2-3,8-17H2,1H3.